The zero-order chi connectivity index (χ0) is 12.5. The predicted octanol–water partition coefficient (Wildman–Crippen LogP) is 1.20. The molecule has 0 bridgehead atoms. The molecule has 4 nitrogen and oxygen atoms in total. The molecule has 0 aliphatic heterocycles. The average Bonchev–Trinajstić information content (AvgIpc) is 2.35. The summed E-state index contributed by atoms with van der Waals surface area (Å²) < 4.78 is 0. The van der Waals surface area contributed by atoms with E-state index in [-0.39, 0.29) is 18.4 Å². The van der Waals surface area contributed by atoms with E-state index in [1.807, 2.05) is 30.3 Å². The van der Waals surface area contributed by atoms with Gasteiger partial charge in [-0.15, -0.1) is 0 Å². The van der Waals surface area contributed by atoms with Gasteiger partial charge < -0.3 is 10.6 Å². The third-order valence-electron chi connectivity index (χ3n) is 2.10. The molecule has 17 heavy (non-hydrogen) atoms. The summed E-state index contributed by atoms with van der Waals surface area (Å²) in [5.74, 6) is -0.312. The minimum atomic E-state index is -0.184. The number of rotatable bonds is 6. The third kappa shape index (κ3) is 6.06. The maximum Gasteiger partial charge on any atom is 0.239 e. The zero-order valence-corrected chi connectivity index (χ0v) is 11.0. The van der Waals surface area contributed by atoms with Crippen molar-refractivity contribution in [1.29, 1.82) is 0 Å². The Morgan fingerprint density at radius 2 is 1.76 bits per heavy atom. The van der Waals surface area contributed by atoms with Gasteiger partial charge in [-0.1, -0.05) is 46.3 Å². The van der Waals surface area contributed by atoms with Gasteiger partial charge in [0.15, 0.2) is 0 Å². The predicted molar refractivity (Wildman–Crippen MR) is 69.7 cm³/mol. The number of hydrogen-bond donors (Lipinski definition) is 2. The number of hydrogen-bond acceptors (Lipinski definition) is 2. The van der Waals surface area contributed by atoms with Gasteiger partial charge in [-0.05, 0) is 5.56 Å². The van der Waals surface area contributed by atoms with E-state index in [2.05, 4.69) is 26.6 Å². The topological polar surface area (TPSA) is 58.2 Å². The van der Waals surface area contributed by atoms with Crippen molar-refractivity contribution in [2.75, 3.05) is 11.9 Å². The van der Waals surface area contributed by atoms with Crippen LogP contribution in [0.3, 0.4) is 0 Å². The highest BCUT2D eigenvalue weighted by atomic mass is 79.9. The van der Waals surface area contributed by atoms with Crippen LogP contribution in [0.5, 0.6) is 0 Å². The number of carbonyl (C=O) groups excluding carboxylic acids is 2. The molecule has 0 aromatic heterocycles. The normalized spacial score (nSPS) is 9.71. The Hall–Kier alpha value is -1.36. The molecule has 0 fully saturated rings. The summed E-state index contributed by atoms with van der Waals surface area (Å²) in [6.07, 6.45) is 0.381. The van der Waals surface area contributed by atoms with Gasteiger partial charge in [0, 0.05) is 18.3 Å². The Morgan fingerprint density at radius 1 is 1.06 bits per heavy atom. The lowest BCUT2D eigenvalue weighted by molar-refractivity contribution is -0.125. The molecule has 0 atom stereocenters. The van der Waals surface area contributed by atoms with Crippen LogP contribution in [0.4, 0.5) is 0 Å². The maximum atomic E-state index is 11.4. The van der Waals surface area contributed by atoms with Crippen LogP contribution in [0.2, 0.25) is 0 Å². The van der Waals surface area contributed by atoms with Gasteiger partial charge in [-0.2, -0.15) is 0 Å². The first-order valence-corrected chi connectivity index (χ1v) is 6.48. The van der Waals surface area contributed by atoms with Crippen LogP contribution in [0.1, 0.15) is 12.0 Å². The summed E-state index contributed by atoms with van der Waals surface area (Å²) in [6, 6.07) is 9.62. The van der Waals surface area contributed by atoms with Crippen molar-refractivity contribution in [1.82, 2.24) is 10.6 Å². The number of nitrogens with one attached hydrogen (secondary N) is 2. The van der Waals surface area contributed by atoms with Crippen LogP contribution >= 0.6 is 15.9 Å². The van der Waals surface area contributed by atoms with Crippen molar-refractivity contribution in [2.45, 2.75) is 13.0 Å². The highest BCUT2D eigenvalue weighted by molar-refractivity contribution is 9.09. The van der Waals surface area contributed by atoms with E-state index in [4.69, 9.17) is 0 Å². The molecule has 2 N–H and O–H groups in total. The van der Waals surface area contributed by atoms with Crippen LogP contribution in [0.15, 0.2) is 30.3 Å². The lowest BCUT2D eigenvalue weighted by atomic mass is 10.2. The minimum absolute atomic E-state index is 0.0265. The largest absolute Gasteiger partial charge is 0.350 e. The second kappa shape index (κ2) is 7.84. The van der Waals surface area contributed by atoms with Crippen molar-refractivity contribution in [3.63, 3.8) is 0 Å². The van der Waals surface area contributed by atoms with Crippen molar-refractivity contribution >= 4 is 27.7 Å². The smallest absolute Gasteiger partial charge is 0.239 e. The molecule has 0 unspecified atom stereocenters. The minimum Gasteiger partial charge on any atom is -0.350 e. The highest BCUT2D eigenvalue weighted by Crippen LogP contribution is 1.96. The fourth-order valence-electron chi connectivity index (χ4n) is 1.21. The Morgan fingerprint density at radius 3 is 2.41 bits per heavy atom. The first-order valence-electron chi connectivity index (χ1n) is 5.35. The Bertz CT molecular complexity index is 368. The summed E-state index contributed by atoms with van der Waals surface area (Å²) >= 11 is 3.16. The molecule has 1 aromatic rings. The Kier molecular flexibility index (Phi) is 6.32. The van der Waals surface area contributed by atoms with Crippen LogP contribution in [-0.4, -0.2) is 23.7 Å². The number of alkyl halides is 1. The number of amides is 2. The molecule has 0 aliphatic carbocycles. The number of benzene rings is 1. The highest BCUT2D eigenvalue weighted by Gasteiger charge is 2.04. The Balaban J connectivity index is 2.20. The van der Waals surface area contributed by atoms with Gasteiger partial charge in [0.2, 0.25) is 11.8 Å². The molecule has 0 saturated heterocycles. The molecule has 2 amide bonds. The summed E-state index contributed by atoms with van der Waals surface area (Å²) in [5, 5.41) is 5.87. The SMILES string of the molecule is O=C(CCBr)NCC(=O)NCc1ccccc1. The summed E-state index contributed by atoms with van der Waals surface area (Å²) in [6.45, 7) is 0.507. The molecule has 0 saturated carbocycles. The molecular weight excluding hydrogens is 284 g/mol. The average molecular weight is 299 g/mol. The van der Waals surface area contributed by atoms with Crippen molar-refractivity contribution in [2.24, 2.45) is 0 Å². The van der Waals surface area contributed by atoms with Gasteiger partial charge in [0.1, 0.15) is 0 Å². The standard InChI is InChI=1S/C12H15BrN2O2/c13-7-6-11(16)15-9-12(17)14-8-10-4-2-1-3-5-10/h1-5H,6-9H2,(H,14,17)(H,15,16). The van der Waals surface area contributed by atoms with E-state index in [0.717, 1.165) is 5.56 Å². The molecule has 5 heteroatoms. The number of carbonyl (C=O) groups is 2. The molecule has 0 radical (unpaired) electrons. The molecule has 0 heterocycles. The second-order valence-electron chi connectivity index (χ2n) is 3.48. The van der Waals surface area contributed by atoms with Crippen LogP contribution in [-0.2, 0) is 16.1 Å². The first kappa shape index (κ1) is 13.7. The Labute approximate surface area is 109 Å². The van der Waals surface area contributed by atoms with Crippen molar-refractivity contribution in [3.05, 3.63) is 35.9 Å². The van der Waals surface area contributed by atoms with Crippen LogP contribution in [0.25, 0.3) is 0 Å². The summed E-state index contributed by atoms with van der Waals surface area (Å²) in [7, 11) is 0. The second-order valence-corrected chi connectivity index (χ2v) is 4.27. The summed E-state index contributed by atoms with van der Waals surface area (Å²) in [5.41, 5.74) is 1.03. The van der Waals surface area contributed by atoms with Crippen LogP contribution in [0, 0.1) is 0 Å². The molecule has 1 aromatic carbocycles. The van der Waals surface area contributed by atoms with Crippen LogP contribution < -0.4 is 10.6 Å². The molecule has 0 spiro atoms. The van der Waals surface area contributed by atoms with E-state index in [9.17, 15) is 9.59 Å². The first-order chi connectivity index (χ1) is 8.22. The molecule has 92 valence electrons. The molecule has 0 aliphatic rings. The summed E-state index contributed by atoms with van der Waals surface area (Å²) in [4.78, 5) is 22.5. The lowest BCUT2D eigenvalue weighted by Gasteiger charge is -2.06. The monoisotopic (exact) mass is 298 g/mol. The quantitative estimate of drug-likeness (QED) is 0.776. The van der Waals surface area contributed by atoms with Crippen molar-refractivity contribution < 1.29 is 9.59 Å². The fraction of sp³-hybridized carbons (Fsp3) is 0.333. The van der Waals surface area contributed by atoms with Crippen molar-refractivity contribution in [3.8, 4) is 0 Å². The van der Waals surface area contributed by atoms with E-state index in [1.165, 1.54) is 0 Å². The van der Waals surface area contributed by atoms with Gasteiger partial charge in [0.25, 0.3) is 0 Å². The fourth-order valence-corrected chi connectivity index (χ4v) is 1.57. The van der Waals surface area contributed by atoms with E-state index < -0.39 is 0 Å². The van der Waals surface area contributed by atoms with Gasteiger partial charge in [0.05, 0.1) is 6.54 Å². The van der Waals surface area contributed by atoms with E-state index in [0.29, 0.717) is 18.3 Å². The lowest BCUT2D eigenvalue weighted by Crippen LogP contribution is -2.36. The molecular formula is C12H15BrN2O2. The van der Waals surface area contributed by atoms with E-state index >= 15 is 0 Å². The van der Waals surface area contributed by atoms with Gasteiger partial charge in [-0.25, -0.2) is 0 Å². The number of halogens is 1. The maximum absolute atomic E-state index is 11.4. The zero-order valence-electron chi connectivity index (χ0n) is 9.41. The van der Waals surface area contributed by atoms with Gasteiger partial charge >= 0.3 is 0 Å². The third-order valence-corrected chi connectivity index (χ3v) is 2.50. The molecule has 1 rings (SSSR count). The van der Waals surface area contributed by atoms with E-state index in [1.54, 1.807) is 0 Å². The van der Waals surface area contributed by atoms with Gasteiger partial charge in [-0.3, -0.25) is 9.59 Å².